The third kappa shape index (κ3) is 9.09. The number of halogens is 1. The molecule has 1 saturated heterocycles. The second-order valence-corrected chi connectivity index (χ2v) is 7.64. The Morgan fingerprint density at radius 2 is 1.69 bits per heavy atom. The van der Waals surface area contributed by atoms with Gasteiger partial charge in [-0.3, -0.25) is 4.79 Å². The van der Waals surface area contributed by atoms with Gasteiger partial charge in [-0.25, -0.2) is 9.79 Å². The quantitative estimate of drug-likeness (QED) is 0.227. The van der Waals surface area contributed by atoms with Crippen LogP contribution in [0.1, 0.15) is 13.3 Å². The number of likely N-dealkylation sites (N-methyl/N-ethyl adjacent to an activating group) is 1. The van der Waals surface area contributed by atoms with Crippen molar-refractivity contribution in [1.82, 2.24) is 20.0 Å². The van der Waals surface area contributed by atoms with Crippen molar-refractivity contribution in [3.63, 3.8) is 0 Å². The molecule has 0 unspecified atom stereocenters. The number of carbonyl (C=O) groups is 2. The van der Waals surface area contributed by atoms with E-state index in [0.717, 1.165) is 19.5 Å². The molecule has 1 heterocycles. The van der Waals surface area contributed by atoms with Gasteiger partial charge in [0.15, 0.2) is 5.96 Å². The van der Waals surface area contributed by atoms with Crippen LogP contribution in [-0.2, 0) is 9.53 Å². The molecule has 180 valence electrons. The number of para-hydroxylation sites is 1. The summed E-state index contributed by atoms with van der Waals surface area (Å²) in [6.07, 6.45) is 0.648. The van der Waals surface area contributed by atoms with Gasteiger partial charge in [0.05, 0.1) is 6.61 Å². The topological polar surface area (TPSA) is 80.7 Å². The number of hydrogen-bond acceptors (Lipinski definition) is 5. The minimum Gasteiger partial charge on any atom is -0.450 e. The zero-order valence-corrected chi connectivity index (χ0v) is 22.0. The summed E-state index contributed by atoms with van der Waals surface area (Å²) in [5.74, 6) is 0.661. The maximum atomic E-state index is 12.0. The summed E-state index contributed by atoms with van der Waals surface area (Å²) < 4.78 is 5.09. The van der Waals surface area contributed by atoms with E-state index < -0.39 is 0 Å². The number of benzene rings is 1. The fraction of sp³-hybridized carbons (Fsp3) is 0.591. The number of anilines is 1. The molecule has 0 bridgehead atoms. The number of amides is 2. The molecule has 0 aromatic heterocycles. The molecule has 0 spiro atoms. The molecule has 1 aromatic carbocycles. The van der Waals surface area contributed by atoms with Gasteiger partial charge in [-0.05, 0) is 25.5 Å². The summed E-state index contributed by atoms with van der Waals surface area (Å²) in [6, 6.07) is 10.3. The van der Waals surface area contributed by atoms with E-state index in [-0.39, 0.29) is 42.5 Å². The fourth-order valence-corrected chi connectivity index (χ4v) is 3.20. The number of hydrogen-bond donors (Lipinski definition) is 1. The van der Waals surface area contributed by atoms with Crippen molar-refractivity contribution >= 4 is 47.6 Å². The Labute approximate surface area is 208 Å². The van der Waals surface area contributed by atoms with E-state index in [2.05, 4.69) is 39.3 Å². The molecule has 1 N–H and O–H groups in total. The van der Waals surface area contributed by atoms with Crippen LogP contribution in [0.25, 0.3) is 0 Å². The smallest absolute Gasteiger partial charge is 0.409 e. The fourth-order valence-electron chi connectivity index (χ4n) is 3.20. The van der Waals surface area contributed by atoms with Crippen molar-refractivity contribution in [3.05, 3.63) is 30.3 Å². The molecule has 9 nitrogen and oxygen atoms in total. The van der Waals surface area contributed by atoms with Gasteiger partial charge in [-0.2, -0.15) is 0 Å². The van der Waals surface area contributed by atoms with Crippen molar-refractivity contribution in [3.8, 4) is 0 Å². The predicted molar refractivity (Wildman–Crippen MR) is 139 cm³/mol. The Kier molecular flexibility index (Phi) is 12.8. The number of nitrogens with one attached hydrogen (secondary N) is 1. The van der Waals surface area contributed by atoms with Crippen LogP contribution in [0.15, 0.2) is 35.3 Å². The minimum absolute atomic E-state index is 0. The Bertz CT molecular complexity index is 724. The number of ether oxygens (including phenoxy) is 1. The van der Waals surface area contributed by atoms with E-state index >= 15 is 0 Å². The van der Waals surface area contributed by atoms with Crippen LogP contribution in [0.3, 0.4) is 0 Å². The third-order valence-electron chi connectivity index (χ3n) is 5.12. The molecule has 0 atom stereocenters. The molecule has 2 rings (SSSR count). The Balaban J connectivity index is 0.00000512. The highest BCUT2D eigenvalue weighted by atomic mass is 127. The predicted octanol–water partition coefficient (Wildman–Crippen LogP) is 1.94. The first kappa shape index (κ1) is 27.8. The van der Waals surface area contributed by atoms with Gasteiger partial charge in [0.25, 0.3) is 0 Å². The van der Waals surface area contributed by atoms with E-state index in [4.69, 9.17) is 4.74 Å². The van der Waals surface area contributed by atoms with Crippen LogP contribution in [0.5, 0.6) is 0 Å². The van der Waals surface area contributed by atoms with E-state index in [1.54, 1.807) is 25.9 Å². The number of nitrogens with zero attached hydrogens (tertiary/aromatic N) is 5. The van der Waals surface area contributed by atoms with Crippen molar-refractivity contribution in [1.29, 1.82) is 0 Å². The maximum Gasteiger partial charge on any atom is 0.409 e. The van der Waals surface area contributed by atoms with Gasteiger partial charge in [-0.1, -0.05) is 18.2 Å². The lowest BCUT2D eigenvalue weighted by molar-refractivity contribution is -0.127. The number of carbonyl (C=O) groups excluding carboxylic acids is 2. The number of aliphatic imine (C=N–C) groups is 1. The molecule has 32 heavy (non-hydrogen) atoms. The van der Waals surface area contributed by atoms with E-state index in [1.807, 2.05) is 18.2 Å². The van der Waals surface area contributed by atoms with E-state index in [0.29, 0.717) is 38.7 Å². The van der Waals surface area contributed by atoms with Crippen LogP contribution in [0.4, 0.5) is 10.5 Å². The first-order valence-electron chi connectivity index (χ1n) is 10.8. The third-order valence-corrected chi connectivity index (χ3v) is 5.12. The van der Waals surface area contributed by atoms with E-state index in [9.17, 15) is 9.59 Å². The zero-order chi connectivity index (χ0) is 22.6. The second kappa shape index (κ2) is 14.8. The van der Waals surface area contributed by atoms with Crippen molar-refractivity contribution < 1.29 is 14.3 Å². The van der Waals surface area contributed by atoms with Crippen LogP contribution in [0.2, 0.25) is 0 Å². The molecular weight excluding hydrogens is 523 g/mol. The minimum atomic E-state index is -0.277. The summed E-state index contributed by atoms with van der Waals surface area (Å²) in [6.45, 7) is 6.33. The molecule has 1 aromatic rings. The van der Waals surface area contributed by atoms with Gasteiger partial charge < -0.3 is 29.7 Å². The molecule has 0 aliphatic carbocycles. The highest BCUT2D eigenvalue weighted by Crippen LogP contribution is 2.11. The average molecular weight is 560 g/mol. The van der Waals surface area contributed by atoms with Crippen molar-refractivity contribution in [2.75, 3.05) is 78.5 Å². The lowest BCUT2D eigenvalue weighted by atomic mass is 10.3. The first-order valence-corrected chi connectivity index (χ1v) is 10.8. The number of piperazine rings is 1. The molecule has 1 aliphatic rings. The lowest BCUT2D eigenvalue weighted by Crippen LogP contribution is -2.54. The Morgan fingerprint density at radius 3 is 2.28 bits per heavy atom. The van der Waals surface area contributed by atoms with Crippen molar-refractivity contribution in [2.24, 2.45) is 4.99 Å². The SMILES string of the molecule is CCOC(=O)N1CCN(C(=NCC(=O)N(C)C)NCCCN(C)c2ccccc2)CC1.I. The van der Waals surface area contributed by atoms with Crippen LogP contribution >= 0.6 is 24.0 Å². The lowest BCUT2D eigenvalue weighted by Gasteiger charge is -2.36. The molecule has 2 amide bonds. The molecule has 0 radical (unpaired) electrons. The summed E-state index contributed by atoms with van der Waals surface area (Å²) in [5, 5.41) is 3.40. The van der Waals surface area contributed by atoms with Crippen LogP contribution in [-0.4, -0.2) is 106 Å². The molecule has 10 heteroatoms. The Hall–Kier alpha value is -2.24. The van der Waals surface area contributed by atoms with Gasteiger partial charge in [0, 0.05) is 66.1 Å². The largest absolute Gasteiger partial charge is 0.450 e. The van der Waals surface area contributed by atoms with Gasteiger partial charge in [-0.15, -0.1) is 24.0 Å². The zero-order valence-electron chi connectivity index (χ0n) is 19.6. The standard InChI is InChI=1S/C22H36N6O3.HI/c1-5-31-22(30)28-16-14-27(15-17-28)21(24-18-20(29)25(2)3)23-12-9-13-26(4)19-10-7-6-8-11-19;/h6-8,10-11H,5,9,12-18H2,1-4H3,(H,23,24);1H. The number of guanidine groups is 1. The maximum absolute atomic E-state index is 12.0. The van der Waals surface area contributed by atoms with Gasteiger partial charge in [0.1, 0.15) is 6.54 Å². The molecular formula is C22H37IN6O3. The second-order valence-electron chi connectivity index (χ2n) is 7.64. The van der Waals surface area contributed by atoms with Gasteiger partial charge in [0.2, 0.25) is 5.91 Å². The van der Waals surface area contributed by atoms with Crippen LogP contribution in [0, 0.1) is 0 Å². The number of rotatable bonds is 8. The highest BCUT2D eigenvalue weighted by molar-refractivity contribution is 14.0. The monoisotopic (exact) mass is 560 g/mol. The van der Waals surface area contributed by atoms with Crippen LogP contribution < -0.4 is 10.2 Å². The summed E-state index contributed by atoms with van der Waals surface area (Å²) in [4.78, 5) is 36.1. The summed E-state index contributed by atoms with van der Waals surface area (Å²) >= 11 is 0. The highest BCUT2D eigenvalue weighted by Gasteiger charge is 2.24. The molecule has 1 aliphatic heterocycles. The molecule has 0 saturated carbocycles. The van der Waals surface area contributed by atoms with Gasteiger partial charge >= 0.3 is 6.09 Å². The first-order chi connectivity index (χ1) is 14.9. The summed E-state index contributed by atoms with van der Waals surface area (Å²) in [7, 11) is 5.53. The molecule has 1 fully saturated rings. The van der Waals surface area contributed by atoms with E-state index in [1.165, 1.54) is 10.6 Å². The Morgan fingerprint density at radius 1 is 1.06 bits per heavy atom. The summed E-state index contributed by atoms with van der Waals surface area (Å²) in [5.41, 5.74) is 1.18. The van der Waals surface area contributed by atoms with Crippen molar-refractivity contribution in [2.45, 2.75) is 13.3 Å². The normalized spacial score (nSPS) is 13.8. The average Bonchev–Trinajstić information content (AvgIpc) is 2.79.